The maximum atomic E-state index is 13.6. The monoisotopic (exact) mass is 958 g/mol. The molecule has 3 aromatic carbocycles. The van der Waals surface area contributed by atoms with Crippen LogP contribution < -0.4 is 31.3 Å². The van der Waals surface area contributed by atoms with E-state index in [4.69, 9.17) is 9.47 Å². The molecule has 5 atom stereocenters. The first kappa shape index (κ1) is 47.8. The zero-order valence-corrected chi connectivity index (χ0v) is 38.6. The minimum absolute atomic E-state index is 0.0284. The molecule has 4 fully saturated rings. The van der Waals surface area contributed by atoms with Crippen LogP contribution in [-0.2, 0) is 40.5 Å². The van der Waals surface area contributed by atoms with E-state index in [9.17, 15) is 42.0 Å². The summed E-state index contributed by atoms with van der Waals surface area (Å²) >= 11 is 1.54. The van der Waals surface area contributed by atoms with Gasteiger partial charge in [-0.2, -0.15) is 0 Å². The lowest BCUT2D eigenvalue weighted by Crippen LogP contribution is -2.54. The SMILES string of the molecule is CS(=O)(=O)N1CCC(C(=O)N[C@@H](COCc2ccc(C(=O)NC3CCN(CCOc4ccc5c(c4)C(=O)N(C4CCC(=O)NC4=O)C5=O)CC3)cc2)C(=O)NC2NC(c3ccccc3)CS2)C1. The van der Waals surface area contributed by atoms with E-state index in [-0.39, 0.29) is 68.3 Å². The van der Waals surface area contributed by atoms with Gasteiger partial charge in [-0.1, -0.05) is 42.5 Å². The summed E-state index contributed by atoms with van der Waals surface area (Å²) in [6.45, 7) is 2.62. The molecule has 21 heteroatoms. The number of amides is 7. The number of ether oxygens (including phenoxy) is 2. The van der Waals surface area contributed by atoms with Gasteiger partial charge >= 0.3 is 0 Å². The fourth-order valence-corrected chi connectivity index (χ4v) is 10.8. The van der Waals surface area contributed by atoms with E-state index in [1.807, 2.05) is 30.3 Å². The van der Waals surface area contributed by atoms with Gasteiger partial charge in [0.05, 0.1) is 36.5 Å². The molecule has 0 aliphatic carbocycles. The highest BCUT2D eigenvalue weighted by molar-refractivity contribution is 8.00. The van der Waals surface area contributed by atoms with Crippen LogP contribution in [0.1, 0.15) is 80.3 Å². The summed E-state index contributed by atoms with van der Waals surface area (Å²) in [6, 6.07) is 19.4. The second-order valence-corrected chi connectivity index (χ2v) is 20.4. The van der Waals surface area contributed by atoms with E-state index < -0.39 is 69.0 Å². The van der Waals surface area contributed by atoms with Gasteiger partial charge in [-0.05, 0) is 67.1 Å². The van der Waals surface area contributed by atoms with Gasteiger partial charge in [-0.3, -0.25) is 54.0 Å². The number of imide groups is 2. The highest BCUT2D eigenvalue weighted by Crippen LogP contribution is 2.31. The Bertz CT molecular complexity index is 2490. The fraction of sp³-hybridized carbons (Fsp3) is 0.457. The summed E-state index contributed by atoms with van der Waals surface area (Å²) in [5.74, 6) is -2.78. The third kappa shape index (κ3) is 11.7. The van der Waals surface area contributed by atoms with Gasteiger partial charge in [0.25, 0.3) is 17.7 Å². The second kappa shape index (κ2) is 21.1. The Kier molecular flexibility index (Phi) is 15.0. The van der Waals surface area contributed by atoms with Crippen molar-refractivity contribution in [3.63, 3.8) is 0 Å². The number of carbonyl (C=O) groups excluding carboxylic acids is 7. The van der Waals surface area contributed by atoms with Crippen molar-refractivity contribution in [1.82, 2.24) is 40.7 Å². The number of thioether (sulfide) groups is 1. The number of carbonyl (C=O) groups is 7. The number of nitrogens with one attached hydrogen (secondary N) is 5. The number of piperidine rings is 2. The zero-order valence-electron chi connectivity index (χ0n) is 36.9. The summed E-state index contributed by atoms with van der Waals surface area (Å²) in [5, 5.41) is 14.5. The first-order valence-corrected chi connectivity index (χ1v) is 25.3. The molecule has 0 saturated carbocycles. The van der Waals surface area contributed by atoms with Crippen LogP contribution in [0, 0.1) is 5.92 Å². The van der Waals surface area contributed by atoms with Crippen molar-refractivity contribution in [1.29, 1.82) is 0 Å². The van der Waals surface area contributed by atoms with Crippen molar-refractivity contribution < 1.29 is 51.5 Å². The summed E-state index contributed by atoms with van der Waals surface area (Å²) in [7, 11) is -3.46. The molecule has 4 unspecified atom stereocenters. The van der Waals surface area contributed by atoms with E-state index in [1.54, 1.807) is 42.1 Å². The topological polar surface area (TPSA) is 242 Å². The van der Waals surface area contributed by atoms with E-state index in [0.29, 0.717) is 30.9 Å². The molecule has 0 spiro atoms. The van der Waals surface area contributed by atoms with Crippen LogP contribution in [0.2, 0.25) is 0 Å². The van der Waals surface area contributed by atoms with Crippen molar-refractivity contribution in [3.05, 3.63) is 101 Å². The van der Waals surface area contributed by atoms with Gasteiger partial charge in [0.2, 0.25) is 33.7 Å². The molecule has 356 valence electrons. The molecule has 0 bridgehead atoms. The lowest BCUT2D eigenvalue weighted by Gasteiger charge is -2.32. The van der Waals surface area contributed by atoms with E-state index in [0.717, 1.165) is 54.0 Å². The quantitative estimate of drug-likeness (QED) is 0.119. The zero-order chi connectivity index (χ0) is 47.2. The Morgan fingerprint density at radius 1 is 0.881 bits per heavy atom. The molecular weight excluding hydrogens is 905 g/mol. The molecule has 5 aliphatic heterocycles. The van der Waals surface area contributed by atoms with Crippen LogP contribution in [0.3, 0.4) is 0 Å². The molecule has 5 aliphatic rings. The van der Waals surface area contributed by atoms with Gasteiger partial charge in [0.1, 0.15) is 29.9 Å². The van der Waals surface area contributed by atoms with Crippen LogP contribution in [0.5, 0.6) is 5.75 Å². The van der Waals surface area contributed by atoms with Crippen molar-refractivity contribution in [3.8, 4) is 5.75 Å². The first-order chi connectivity index (χ1) is 32.2. The number of hydrogen-bond acceptors (Lipinski definition) is 14. The van der Waals surface area contributed by atoms with E-state index >= 15 is 0 Å². The molecule has 5 N–H and O–H groups in total. The molecule has 4 saturated heterocycles. The van der Waals surface area contributed by atoms with Gasteiger partial charge in [-0.25, -0.2) is 12.7 Å². The molecule has 0 radical (unpaired) electrons. The molecule has 3 aromatic rings. The summed E-state index contributed by atoms with van der Waals surface area (Å²) in [5.41, 5.74) is 2.28. The van der Waals surface area contributed by atoms with E-state index in [2.05, 4.69) is 31.5 Å². The minimum atomic E-state index is -3.46. The Morgan fingerprint density at radius 3 is 2.34 bits per heavy atom. The fourth-order valence-electron chi connectivity index (χ4n) is 8.83. The van der Waals surface area contributed by atoms with Crippen LogP contribution in [0.4, 0.5) is 0 Å². The smallest absolute Gasteiger partial charge is 0.262 e. The van der Waals surface area contributed by atoms with Crippen molar-refractivity contribution in [2.45, 2.75) is 68.4 Å². The highest BCUT2D eigenvalue weighted by atomic mass is 32.2. The Labute approximate surface area is 392 Å². The van der Waals surface area contributed by atoms with E-state index in [1.165, 1.54) is 16.4 Å². The lowest BCUT2D eigenvalue weighted by molar-refractivity contribution is -0.136. The Balaban J connectivity index is 0.766. The molecular formula is C46H54N8O11S2. The molecule has 8 rings (SSSR count). The maximum absolute atomic E-state index is 13.6. The first-order valence-electron chi connectivity index (χ1n) is 22.4. The maximum Gasteiger partial charge on any atom is 0.262 e. The molecule has 7 amide bonds. The average molecular weight is 959 g/mol. The largest absolute Gasteiger partial charge is 0.492 e. The average Bonchev–Trinajstić information content (AvgIpc) is 4.07. The van der Waals surface area contributed by atoms with Gasteiger partial charge in [-0.15, -0.1) is 11.8 Å². The number of fused-ring (bicyclic) bond motifs is 1. The Morgan fingerprint density at radius 2 is 1.63 bits per heavy atom. The van der Waals surface area contributed by atoms with Crippen LogP contribution in [0.15, 0.2) is 72.8 Å². The third-order valence-corrected chi connectivity index (χ3v) is 15.0. The minimum Gasteiger partial charge on any atom is -0.492 e. The molecule has 0 aromatic heterocycles. The number of sulfonamides is 1. The summed E-state index contributed by atoms with van der Waals surface area (Å²) < 4.78 is 37.3. The molecule has 5 heterocycles. The number of likely N-dealkylation sites (tertiary alicyclic amines) is 1. The van der Waals surface area contributed by atoms with Gasteiger partial charge in [0.15, 0.2) is 0 Å². The number of hydrogen-bond donors (Lipinski definition) is 5. The third-order valence-electron chi connectivity index (χ3n) is 12.7. The van der Waals surface area contributed by atoms with Crippen molar-refractivity contribution in [2.75, 3.05) is 57.9 Å². The summed E-state index contributed by atoms with van der Waals surface area (Å²) in [6.07, 6.45) is 3.03. The van der Waals surface area contributed by atoms with Gasteiger partial charge in [0, 0.05) is 62.5 Å². The van der Waals surface area contributed by atoms with Crippen LogP contribution in [-0.4, -0.2) is 145 Å². The van der Waals surface area contributed by atoms with Crippen LogP contribution >= 0.6 is 11.8 Å². The predicted molar refractivity (Wildman–Crippen MR) is 245 cm³/mol. The van der Waals surface area contributed by atoms with Crippen molar-refractivity contribution >= 4 is 63.1 Å². The molecule has 67 heavy (non-hydrogen) atoms. The highest BCUT2D eigenvalue weighted by Gasteiger charge is 2.45. The number of benzene rings is 3. The Hall–Kier alpha value is -5.71. The van der Waals surface area contributed by atoms with Gasteiger partial charge < -0.3 is 25.4 Å². The molecule has 19 nitrogen and oxygen atoms in total. The summed E-state index contributed by atoms with van der Waals surface area (Å²) in [4.78, 5) is 93.4. The van der Waals surface area contributed by atoms with Crippen molar-refractivity contribution in [2.24, 2.45) is 5.92 Å². The lowest BCUT2D eigenvalue weighted by atomic mass is 10.0. The number of rotatable bonds is 17. The normalized spacial score (nSPS) is 23.1. The second-order valence-electron chi connectivity index (χ2n) is 17.3. The van der Waals surface area contributed by atoms with Crippen LogP contribution in [0.25, 0.3) is 0 Å². The number of nitrogens with zero attached hydrogens (tertiary/aromatic N) is 3. The standard InChI is InChI=1S/C46H54N8O11S2/c1-67(62,63)53-20-15-31(24-53)41(57)48-36(42(58)51-46-49-37(27-66-46)29-5-3-2-4-6-29)26-64-25-28-7-9-30(10-8-28)40(56)47-32-16-18-52(19-17-32)21-22-65-33-11-12-34-35(23-33)45(61)54(44(34)60)38-13-14-39(55)50-43(38)59/h2-12,23,31-32,36-38,46,49H,13-22,24-27H2,1H3,(H,47,56)(H,48,57)(H,51,58)(H,50,55,59)/t31?,36-,37?,38?,46?/m0/s1. The predicted octanol–water partition coefficient (Wildman–Crippen LogP) is 1.12.